The number of nitrogens with one attached hydrogen (secondary N) is 1. The Hall–Kier alpha value is -1.03. The summed E-state index contributed by atoms with van der Waals surface area (Å²) in [6.45, 7) is 4.44. The van der Waals surface area contributed by atoms with Crippen LogP contribution in [-0.4, -0.2) is 22.3 Å². The molecule has 12 heavy (non-hydrogen) atoms. The fraction of sp³-hybridized carbons (Fsp3) is 0.625. The Kier molecular flexibility index (Phi) is 2.38. The van der Waals surface area contributed by atoms with Crippen molar-refractivity contribution in [3.8, 4) is 0 Å². The van der Waals surface area contributed by atoms with E-state index in [1.54, 1.807) is 24.1 Å². The van der Waals surface area contributed by atoms with Gasteiger partial charge >= 0.3 is 5.69 Å². The summed E-state index contributed by atoms with van der Waals surface area (Å²) >= 11 is 0. The van der Waals surface area contributed by atoms with E-state index in [4.69, 9.17) is 4.74 Å². The van der Waals surface area contributed by atoms with Gasteiger partial charge < -0.3 is 9.72 Å². The van der Waals surface area contributed by atoms with E-state index in [0.717, 1.165) is 0 Å². The Labute approximate surface area is 71.2 Å². The van der Waals surface area contributed by atoms with E-state index in [-0.39, 0.29) is 11.3 Å². The zero-order valence-corrected chi connectivity index (χ0v) is 7.63. The van der Waals surface area contributed by atoms with Crippen molar-refractivity contribution in [1.29, 1.82) is 0 Å². The van der Waals surface area contributed by atoms with Crippen LogP contribution in [0.5, 0.6) is 0 Å². The fourth-order valence-electron chi connectivity index (χ4n) is 0.948. The van der Waals surface area contributed by atoms with Crippen molar-refractivity contribution in [3.63, 3.8) is 0 Å². The van der Waals surface area contributed by atoms with Gasteiger partial charge in [-0.3, -0.25) is 4.57 Å². The van der Waals surface area contributed by atoms with Crippen LogP contribution >= 0.6 is 0 Å². The zero-order valence-electron chi connectivity index (χ0n) is 7.63. The van der Waals surface area contributed by atoms with Gasteiger partial charge in [-0.25, -0.2) is 4.79 Å². The number of ether oxygens (including phenoxy) is 1. The van der Waals surface area contributed by atoms with Crippen molar-refractivity contribution in [3.05, 3.63) is 22.9 Å². The van der Waals surface area contributed by atoms with E-state index < -0.39 is 0 Å². The summed E-state index contributed by atoms with van der Waals surface area (Å²) < 4.78 is 6.78. The predicted octanol–water partition coefficient (Wildman–Crippen LogP) is 0.601. The number of nitrogens with zero attached hydrogens (tertiary/aromatic N) is 1. The second-order valence-electron chi connectivity index (χ2n) is 3.36. The van der Waals surface area contributed by atoms with E-state index in [2.05, 4.69) is 4.98 Å². The molecule has 1 aromatic heterocycles. The van der Waals surface area contributed by atoms with Crippen molar-refractivity contribution in [2.24, 2.45) is 0 Å². The van der Waals surface area contributed by atoms with Crippen LogP contribution in [0.2, 0.25) is 0 Å². The molecule has 0 atom stereocenters. The number of imidazole rings is 1. The molecule has 0 aliphatic rings. The summed E-state index contributed by atoms with van der Waals surface area (Å²) in [5.74, 6) is 0. The predicted molar refractivity (Wildman–Crippen MR) is 46.1 cm³/mol. The highest BCUT2D eigenvalue weighted by molar-refractivity contribution is 4.80. The molecule has 1 heterocycles. The molecule has 0 bridgehead atoms. The molecule has 0 spiro atoms. The van der Waals surface area contributed by atoms with Gasteiger partial charge in [-0.1, -0.05) is 0 Å². The number of hydrogen-bond acceptors (Lipinski definition) is 2. The molecule has 1 N–H and O–H groups in total. The lowest BCUT2D eigenvalue weighted by Gasteiger charge is -2.22. The summed E-state index contributed by atoms with van der Waals surface area (Å²) in [5, 5.41) is 0. The summed E-state index contributed by atoms with van der Waals surface area (Å²) in [7, 11) is 1.64. The van der Waals surface area contributed by atoms with Gasteiger partial charge in [0.2, 0.25) is 0 Å². The average Bonchev–Trinajstić information content (AvgIpc) is 2.36. The summed E-state index contributed by atoms with van der Waals surface area (Å²) in [5.41, 5.74) is -0.397. The molecule has 68 valence electrons. The maximum atomic E-state index is 11.1. The van der Waals surface area contributed by atoms with Crippen LogP contribution in [0.3, 0.4) is 0 Å². The molecule has 0 unspecified atom stereocenters. The van der Waals surface area contributed by atoms with Gasteiger partial charge in [0.1, 0.15) is 0 Å². The minimum Gasteiger partial charge on any atom is -0.377 e. The number of hydrogen-bond donors (Lipinski definition) is 1. The molecule has 1 rings (SSSR count). The van der Waals surface area contributed by atoms with Crippen molar-refractivity contribution in [2.75, 3.05) is 7.11 Å². The third-order valence-corrected chi connectivity index (χ3v) is 1.83. The van der Waals surface area contributed by atoms with E-state index >= 15 is 0 Å². The lowest BCUT2D eigenvalue weighted by molar-refractivity contribution is 0.00746. The third-order valence-electron chi connectivity index (χ3n) is 1.83. The average molecular weight is 170 g/mol. The monoisotopic (exact) mass is 170 g/mol. The number of rotatable bonds is 3. The number of methoxy groups -OCH3 is 1. The van der Waals surface area contributed by atoms with Crippen molar-refractivity contribution >= 4 is 0 Å². The molecule has 0 aromatic carbocycles. The van der Waals surface area contributed by atoms with Gasteiger partial charge in [-0.15, -0.1) is 0 Å². The standard InChI is InChI=1S/C8H14N2O2/c1-8(2,12-3)6-10-5-4-9-7(10)11/h4-5H,6H2,1-3H3,(H,9,11). The van der Waals surface area contributed by atoms with E-state index in [1.807, 2.05) is 13.8 Å². The normalized spacial score (nSPS) is 11.9. The van der Waals surface area contributed by atoms with Crippen LogP contribution < -0.4 is 5.69 Å². The highest BCUT2D eigenvalue weighted by atomic mass is 16.5. The quantitative estimate of drug-likeness (QED) is 0.722. The molecule has 0 aliphatic heterocycles. The lowest BCUT2D eigenvalue weighted by Crippen LogP contribution is -2.33. The topological polar surface area (TPSA) is 47.0 Å². The molecule has 4 heteroatoms. The minimum atomic E-state index is -0.300. The Morgan fingerprint density at radius 3 is 2.75 bits per heavy atom. The van der Waals surface area contributed by atoms with Gasteiger partial charge in [0.25, 0.3) is 0 Å². The molecular formula is C8H14N2O2. The Morgan fingerprint density at radius 2 is 2.33 bits per heavy atom. The van der Waals surface area contributed by atoms with Gasteiger partial charge in [-0.05, 0) is 13.8 Å². The fourth-order valence-corrected chi connectivity index (χ4v) is 0.948. The second kappa shape index (κ2) is 3.15. The van der Waals surface area contributed by atoms with E-state index in [1.165, 1.54) is 0 Å². The molecule has 0 amide bonds. The molecule has 0 saturated carbocycles. The first-order valence-electron chi connectivity index (χ1n) is 3.84. The maximum Gasteiger partial charge on any atom is 0.325 e. The first kappa shape index (κ1) is 9.06. The van der Waals surface area contributed by atoms with Crippen LogP contribution in [0.4, 0.5) is 0 Å². The Morgan fingerprint density at radius 1 is 1.67 bits per heavy atom. The number of aromatic amines is 1. The van der Waals surface area contributed by atoms with Crippen LogP contribution in [0.1, 0.15) is 13.8 Å². The highest BCUT2D eigenvalue weighted by Gasteiger charge is 2.17. The van der Waals surface area contributed by atoms with Crippen LogP contribution in [0.15, 0.2) is 17.2 Å². The molecular weight excluding hydrogens is 156 g/mol. The summed E-state index contributed by atoms with van der Waals surface area (Å²) in [6.07, 6.45) is 3.33. The minimum absolute atomic E-state index is 0.0971. The Balaban J connectivity index is 2.77. The van der Waals surface area contributed by atoms with Crippen molar-refractivity contribution in [1.82, 2.24) is 9.55 Å². The molecule has 1 aromatic rings. The van der Waals surface area contributed by atoms with Crippen LogP contribution in [0.25, 0.3) is 0 Å². The van der Waals surface area contributed by atoms with Gasteiger partial charge in [0.05, 0.1) is 12.1 Å². The lowest BCUT2D eigenvalue weighted by atomic mass is 10.1. The van der Waals surface area contributed by atoms with Crippen LogP contribution in [0, 0.1) is 0 Å². The summed E-state index contributed by atoms with van der Waals surface area (Å²) in [4.78, 5) is 13.6. The number of aromatic nitrogens is 2. The molecule has 4 nitrogen and oxygen atoms in total. The molecule has 0 saturated heterocycles. The van der Waals surface area contributed by atoms with Crippen LogP contribution in [-0.2, 0) is 11.3 Å². The number of H-pyrrole nitrogens is 1. The van der Waals surface area contributed by atoms with Crippen molar-refractivity contribution in [2.45, 2.75) is 26.0 Å². The smallest absolute Gasteiger partial charge is 0.325 e. The molecule has 0 fully saturated rings. The summed E-state index contributed by atoms with van der Waals surface area (Å²) in [6, 6.07) is 0. The highest BCUT2D eigenvalue weighted by Crippen LogP contribution is 2.08. The maximum absolute atomic E-state index is 11.1. The van der Waals surface area contributed by atoms with E-state index in [0.29, 0.717) is 6.54 Å². The first-order chi connectivity index (χ1) is 5.55. The SMILES string of the molecule is COC(C)(C)Cn1cc[nH]c1=O. The zero-order chi connectivity index (χ0) is 9.19. The largest absolute Gasteiger partial charge is 0.377 e. The molecule has 0 aliphatic carbocycles. The van der Waals surface area contributed by atoms with E-state index in [9.17, 15) is 4.79 Å². The van der Waals surface area contributed by atoms with Gasteiger partial charge in [0.15, 0.2) is 0 Å². The molecule has 0 radical (unpaired) electrons. The first-order valence-corrected chi connectivity index (χ1v) is 3.84. The Bertz CT molecular complexity index is 298. The van der Waals surface area contributed by atoms with Crippen molar-refractivity contribution < 1.29 is 4.74 Å². The second-order valence-corrected chi connectivity index (χ2v) is 3.36. The third kappa shape index (κ3) is 1.98. The van der Waals surface area contributed by atoms with Gasteiger partial charge in [-0.2, -0.15) is 0 Å². The van der Waals surface area contributed by atoms with Gasteiger partial charge in [0, 0.05) is 19.5 Å².